The summed E-state index contributed by atoms with van der Waals surface area (Å²) in [5, 5.41) is 0. The number of esters is 1. The van der Waals surface area contributed by atoms with Crippen LogP contribution in [0.3, 0.4) is 0 Å². The van der Waals surface area contributed by atoms with Crippen LogP contribution in [0, 0.1) is 5.92 Å². The van der Waals surface area contributed by atoms with Gasteiger partial charge in [-0.3, -0.25) is 14.4 Å². The zero-order chi connectivity index (χ0) is 12.0. The molecular formula is C9H12F2O4. The summed E-state index contributed by atoms with van der Waals surface area (Å²) in [5.74, 6) is -4.42. The molecule has 0 aromatic rings. The van der Waals surface area contributed by atoms with Crippen LogP contribution >= 0.6 is 0 Å². The molecule has 0 saturated carbocycles. The van der Waals surface area contributed by atoms with Crippen LogP contribution in [-0.2, 0) is 19.1 Å². The summed E-state index contributed by atoms with van der Waals surface area (Å²) in [4.78, 5) is 32.7. The van der Waals surface area contributed by atoms with E-state index in [0.717, 1.165) is 6.92 Å². The number of alkyl halides is 2. The maximum absolute atomic E-state index is 11.9. The third kappa shape index (κ3) is 4.62. The number of hydrogen-bond donors (Lipinski definition) is 0. The molecule has 0 aliphatic heterocycles. The Kier molecular flexibility index (Phi) is 5.66. The maximum atomic E-state index is 11.9. The first-order valence-corrected chi connectivity index (χ1v) is 4.38. The number of carbonyl (C=O) groups is 3. The van der Waals surface area contributed by atoms with Gasteiger partial charge in [-0.15, -0.1) is 0 Å². The first-order valence-electron chi connectivity index (χ1n) is 4.38. The SMILES string of the molecule is CCOC(=O)[C@H](CC(=O)C(F)F)C(C)=O. The topological polar surface area (TPSA) is 60.4 Å². The van der Waals surface area contributed by atoms with Crippen LogP contribution in [0.5, 0.6) is 0 Å². The molecule has 0 unspecified atom stereocenters. The van der Waals surface area contributed by atoms with Gasteiger partial charge in [-0.25, -0.2) is 8.78 Å². The Morgan fingerprint density at radius 3 is 2.13 bits per heavy atom. The maximum Gasteiger partial charge on any atom is 0.316 e. The number of rotatable bonds is 6. The highest BCUT2D eigenvalue weighted by Crippen LogP contribution is 2.11. The van der Waals surface area contributed by atoms with Crippen molar-refractivity contribution in [1.29, 1.82) is 0 Å². The van der Waals surface area contributed by atoms with Gasteiger partial charge in [-0.2, -0.15) is 0 Å². The first kappa shape index (κ1) is 13.7. The average Bonchev–Trinajstić information content (AvgIpc) is 2.13. The van der Waals surface area contributed by atoms with Crippen molar-refractivity contribution < 1.29 is 27.9 Å². The van der Waals surface area contributed by atoms with E-state index in [-0.39, 0.29) is 6.61 Å². The van der Waals surface area contributed by atoms with Crippen LogP contribution in [-0.4, -0.2) is 30.6 Å². The lowest BCUT2D eigenvalue weighted by Crippen LogP contribution is -2.28. The molecule has 0 rings (SSSR count). The molecule has 1 atom stereocenters. The summed E-state index contributed by atoms with van der Waals surface area (Å²) >= 11 is 0. The van der Waals surface area contributed by atoms with Crippen molar-refractivity contribution in [2.24, 2.45) is 5.92 Å². The summed E-state index contributed by atoms with van der Waals surface area (Å²) in [7, 11) is 0. The van der Waals surface area contributed by atoms with Crippen molar-refractivity contribution in [3.05, 3.63) is 0 Å². The van der Waals surface area contributed by atoms with E-state index in [2.05, 4.69) is 4.74 Å². The minimum absolute atomic E-state index is 0.0332. The average molecular weight is 222 g/mol. The third-order valence-corrected chi connectivity index (χ3v) is 1.71. The molecule has 0 aliphatic rings. The molecule has 15 heavy (non-hydrogen) atoms. The number of Topliss-reactive ketones (excluding diaryl/α,β-unsaturated/α-hetero) is 2. The van der Waals surface area contributed by atoms with E-state index in [9.17, 15) is 23.2 Å². The van der Waals surface area contributed by atoms with Gasteiger partial charge in [0.15, 0.2) is 5.78 Å². The van der Waals surface area contributed by atoms with Crippen molar-refractivity contribution in [1.82, 2.24) is 0 Å². The van der Waals surface area contributed by atoms with Gasteiger partial charge in [-0.05, 0) is 13.8 Å². The Balaban J connectivity index is 4.48. The zero-order valence-corrected chi connectivity index (χ0v) is 8.46. The number of halogens is 2. The van der Waals surface area contributed by atoms with Gasteiger partial charge < -0.3 is 4.74 Å². The van der Waals surface area contributed by atoms with Gasteiger partial charge in [0.25, 0.3) is 6.43 Å². The fourth-order valence-electron chi connectivity index (χ4n) is 0.926. The summed E-state index contributed by atoms with van der Waals surface area (Å²) in [5.41, 5.74) is 0. The van der Waals surface area contributed by atoms with E-state index in [1.165, 1.54) is 6.92 Å². The Morgan fingerprint density at radius 2 is 1.80 bits per heavy atom. The van der Waals surface area contributed by atoms with Crippen molar-refractivity contribution in [2.75, 3.05) is 6.61 Å². The van der Waals surface area contributed by atoms with Gasteiger partial charge in [0.05, 0.1) is 6.61 Å². The lowest BCUT2D eigenvalue weighted by Gasteiger charge is -2.11. The molecule has 0 aromatic carbocycles. The minimum atomic E-state index is -3.17. The molecule has 0 aromatic heterocycles. The summed E-state index contributed by atoms with van der Waals surface area (Å²) in [6.07, 6.45) is -3.97. The normalized spacial score (nSPS) is 12.3. The van der Waals surface area contributed by atoms with Gasteiger partial charge in [-0.1, -0.05) is 0 Å². The van der Waals surface area contributed by atoms with Crippen molar-refractivity contribution in [2.45, 2.75) is 26.7 Å². The molecule has 0 amide bonds. The first-order chi connectivity index (χ1) is 6.90. The van der Waals surface area contributed by atoms with Crippen LogP contribution < -0.4 is 0 Å². The minimum Gasteiger partial charge on any atom is -0.465 e. The molecule has 0 aliphatic carbocycles. The largest absolute Gasteiger partial charge is 0.465 e. The smallest absolute Gasteiger partial charge is 0.316 e. The lowest BCUT2D eigenvalue weighted by molar-refractivity contribution is -0.153. The van der Waals surface area contributed by atoms with E-state index in [4.69, 9.17) is 0 Å². The molecule has 0 N–H and O–H groups in total. The van der Waals surface area contributed by atoms with Crippen molar-refractivity contribution >= 4 is 17.5 Å². The molecule has 0 spiro atoms. The monoisotopic (exact) mass is 222 g/mol. The molecule has 6 heteroatoms. The lowest BCUT2D eigenvalue weighted by atomic mass is 9.99. The van der Waals surface area contributed by atoms with Gasteiger partial charge in [0.1, 0.15) is 11.7 Å². The highest BCUT2D eigenvalue weighted by atomic mass is 19.3. The second-order valence-electron chi connectivity index (χ2n) is 2.89. The molecule has 0 radical (unpaired) electrons. The third-order valence-electron chi connectivity index (χ3n) is 1.71. The predicted octanol–water partition coefficient (Wildman–Crippen LogP) is 0.979. The summed E-state index contributed by atoms with van der Waals surface area (Å²) in [6.45, 7) is 2.61. The molecule has 0 bridgehead atoms. The van der Waals surface area contributed by atoms with E-state index < -0.39 is 36.3 Å². The second kappa shape index (κ2) is 6.21. The highest BCUT2D eigenvalue weighted by molar-refractivity contribution is 6.01. The fraction of sp³-hybridized carbons (Fsp3) is 0.667. The van der Waals surface area contributed by atoms with E-state index >= 15 is 0 Å². The second-order valence-corrected chi connectivity index (χ2v) is 2.89. The van der Waals surface area contributed by atoms with E-state index in [0.29, 0.717) is 0 Å². The standard InChI is InChI=1S/C9H12F2O4/c1-3-15-9(14)6(5(2)12)4-7(13)8(10)11/h6,8H,3-4H2,1-2H3/t6-/m1/s1. The van der Waals surface area contributed by atoms with Crippen LogP contribution in [0.4, 0.5) is 8.78 Å². The molecule has 0 heterocycles. The zero-order valence-electron chi connectivity index (χ0n) is 8.46. The number of ketones is 2. The Bertz CT molecular complexity index is 263. The van der Waals surface area contributed by atoms with Crippen LogP contribution in [0.2, 0.25) is 0 Å². The molecular weight excluding hydrogens is 210 g/mol. The van der Waals surface area contributed by atoms with Crippen LogP contribution in [0.25, 0.3) is 0 Å². The summed E-state index contributed by atoms with van der Waals surface area (Å²) in [6, 6.07) is 0. The van der Waals surface area contributed by atoms with E-state index in [1.807, 2.05) is 0 Å². The van der Waals surface area contributed by atoms with Gasteiger partial charge in [0, 0.05) is 6.42 Å². The molecule has 4 nitrogen and oxygen atoms in total. The van der Waals surface area contributed by atoms with E-state index in [1.54, 1.807) is 0 Å². The number of ether oxygens (including phenoxy) is 1. The Hall–Kier alpha value is -1.33. The van der Waals surface area contributed by atoms with Crippen LogP contribution in [0.15, 0.2) is 0 Å². The Labute approximate surface area is 85.6 Å². The summed E-state index contributed by atoms with van der Waals surface area (Å²) < 4.78 is 28.3. The predicted molar refractivity (Wildman–Crippen MR) is 46.4 cm³/mol. The molecule has 86 valence electrons. The molecule has 0 fully saturated rings. The van der Waals surface area contributed by atoms with Gasteiger partial charge in [0.2, 0.25) is 0 Å². The number of hydrogen-bond acceptors (Lipinski definition) is 4. The van der Waals surface area contributed by atoms with Crippen molar-refractivity contribution in [3.63, 3.8) is 0 Å². The van der Waals surface area contributed by atoms with Crippen LogP contribution in [0.1, 0.15) is 20.3 Å². The van der Waals surface area contributed by atoms with Crippen molar-refractivity contribution in [3.8, 4) is 0 Å². The Morgan fingerprint density at radius 1 is 1.27 bits per heavy atom. The molecule has 0 saturated heterocycles. The highest BCUT2D eigenvalue weighted by Gasteiger charge is 2.30. The fourth-order valence-corrected chi connectivity index (χ4v) is 0.926. The van der Waals surface area contributed by atoms with Gasteiger partial charge >= 0.3 is 5.97 Å². The quantitative estimate of drug-likeness (QED) is 0.496. The number of carbonyl (C=O) groups excluding carboxylic acids is 3.